The van der Waals surface area contributed by atoms with Crippen molar-refractivity contribution in [2.45, 2.75) is 27.7 Å². The predicted octanol–water partition coefficient (Wildman–Crippen LogP) is 2.25. The number of aryl methyl sites for hydroxylation is 1. The van der Waals surface area contributed by atoms with Gasteiger partial charge in [0.2, 0.25) is 5.88 Å². The molecule has 4 heteroatoms. The second-order valence-electron chi connectivity index (χ2n) is 4.76. The molecule has 84 valence electrons. The van der Waals surface area contributed by atoms with Gasteiger partial charge in [-0.3, -0.25) is 0 Å². The summed E-state index contributed by atoms with van der Waals surface area (Å²) in [4.78, 5) is 8.41. The SMILES string of the molecule is COc1cc(NCC(C)(C)C)nc(C)n1. The van der Waals surface area contributed by atoms with Crippen LogP contribution in [0.15, 0.2) is 6.07 Å². The van der Waals surface area contributed by atoms with Crippen molar-refractivity contribution in [3.63, 3.8) is 0 Å². The molecule has 15 heavy (non-hydrogen) atoms. The van der Waals surface area contributed by atoms with Gasteiger partial charge in [-0.2, -0.15) is 4.98 Å². The van der Waals surface area contributed by atoms with Crippen molar-refractivity contribution in [1.29, 1.82) is 0 Å². The van der Waals surface area contributed by atoms with E-state index in [-0.39, 0.29) is 5.41 Å². The number of rotatable bonds is 3. The van der Waals surface area contributed by atoms with Gasteiger partial charge in [-0.25, -0.2) is 4.98 Å². The van der Waals surface area contributed by atoms with Crippen LogP contribution in [0.25, 0.3) is 0 Å². The molecule has 4 nitrogen and oxygen atoms in total. The fraction of sp³-hybridized carbons (Fsp3) is 0.636. The largest absolute Gasteiger partial charge is 0.481 e. The maximum absolute atomic E-state index is 5.08. The molecule has 1 aromatic rings. The van der Waals surface area contributed by atoms with Crippen molar-refractivity contribution in [2.24, 2.45) is 5.41 Å². The Morgan fingerprint density at radius 1 is 1.33 bits per heavy atom. The van der Waals surface area contributed by atoms with Gasteiger partial charge in [0, 0.05) is 12.6 Å². The van der Waals surface area contributed by atoms with Crippen LogP contribution >= 0.6 is 0 Å². The molecule has 0 aliphatic rings. The van der Waals surface area contributed by atoms with Gasteiger partial charge in [0.25, 0.3) is 0 Å². The zero-order valence-corrected chi connectivity index (χ0v) is 10.1. The number of hydrogen-bond acceptors (Lipinski definition) is 4. The van der Waals surface area contributed by atoms with E-state index in [9.17, 15) is 0 Å². The molecule has 0 aliphatic heterocycles. The molecular formula is C11H19N3O. The Bertz CT molecular complexity index is 331. The Labute approximate surface area is 91.1 Å². The Kier molecular flexibility index (Phi) is 3.50. The Hall–Kier alpha value is -1.32. The normalized spacial score (nSPS) is 11.3. The Morgan fingerprint density at radius 3 is 2.53 bits per heavy atom. The first-order valence-electron chi connectivity index (χ1n) is 5.04. The van der Waals surface area contributed by atoms with Crippen molar-refractivity contribution in [3.05, 3.63) is 11.9 Å². The number of aromatic nitrogens is 2. The lowest BCUT2D eigenvalue weighted by Crippen LogP contribution is -2.19. The molecule has 1 heterocycles. The van der Waals surface area contributed by atoms with Gasteiger partial charge in [-0.05, 0) is 12.3 Å². The lowest BCUT2D eigenvalue weighted by Gasteiger charge is -2.19. The van der Waals surface area contributed by atoms with E-state index in [0.29, 0.717) is 11.7 Å². The number of ether oxygens (including phenoxy) is 1. The summed E-state index contributed by atoms with van der Waals surface area (Å²) in [5.74, 6) is 2.12. The summed E-state index contributed by atoms with van der Waals surface area (Å²) in [5.41, 5.74) is 0.228. The molecule has 0 radical (unpaired) electrons. The summed E-state index contributed by atoms with van der Waals surface area (Å²) in [7, 11) is 1.61. The third-order valence-electron chi connectivity index (χ3n) is 1.82. The monoisotopic (exact) mass is 209 g/mol. The van der Waals surface area contributed by atoms with E-state index in [0.717, 1.165) is 12.4 Å². The molecule has 1 rings (SSSR count). The molecular weight excluding hydrogens is 190 g/mol. The number of hydrogen-bond donors (Lipinski definition) is 1. The topological polar surface area (TPSA) is 47.0 Å². The average Bonchev–Trinajstić information content (AvgIpc) is 2.13. The lowest BCUT2D eigenvalue weighted by molar-refractivity contribution is 0.395. The maximum Gasteiger partial charge on any atom is 0.218 e. The van der Waals surface area contributed by atoms with Crippen LogP contribution in [-0.2, 0) is 0 Å². The number of nitrogens with one attached hydrogen (secondary N) is 1. The number of nitrogens with zero attached hydrogens (tertiary/aromatic N) is 2. The highest BCUT2D eigenvalue weighted by atomic mass is 16.5. The Morgan fingerprint density at radius 2 is 2.00 bits per heavy atom. The summed E-state index contributed by atoms with van der Waals surface area (Å²) in [5, 5.41) is 3.27. The molecule has 1 N–H and O–H groups in total. The van der Waals surface area contributed by atoms with E-state index >= 15 is 0 Å². The minimum Gasteiger partial charge on any atom is -0.481 e. The van der Waals surface area contributed by atoms with Crippen LogP contribution in [0.4, 0.5) is 5.82 Å². The van der Waals surface area contributed by atoms with Gasteiger partial charge in [0.1, 0.15) is 11.6 Å². The van der Waals surface area contributed by atoms with E-state index in [1.807, 2.05) is 6.92 Å². The molecule has 0 unspecified atom stereocenters. The fourth-order valence-corrected chi connectivity index (χ4v) is 1.09. The molecule has 0 aromatic carbocycles. The van der Waals surface area contributed by atoms with Crippen molar-refractivity contribution in [3.8, 4) is 5.88 Å². The predicted molar refractivity (Wildman–Crippen MR) is 61.3 cm³/mol. The van der Waals surface area contributed by atoms with Crippen LogP contribution < -0.4 is 10.1 Å². The van der Waals surface area contributed by atoms with Crippen LogP contribution in [0.3, 0.4) is 0 Å². The van der Waals surface area contributed by atoms with Crippen molar-refractivity contribution < 1.29 is 4.74 Å². The lowest BCUT2D eigenvalue weighted by atomic mass is 9.97. The van der Waals surface area contributed by atoms with Crippen molar-refractivity contribution in [1.82, 2.24) is 9.97 Å². The molecule has 0 fully saturated rings. The van der Waals surface area contributed by atoms with Gasteiger partial charge < -0.3 is 10.1 Å². The van der Waals surface area contributed by atoms with E-state index < -0.39 is 0 Å². The highest BCUT2D eigenvalue weighted by molar-refractivity contribution is 5.38. The highest BCUT2D eigenvalue weighted by Gasteiger charge is 2.10. The number of anilines is 1. The molecule has 0 spiro atoms. The maximum atomic E-state index is 5.08. The molecule has 0 saturated carbocycles. The summed E-state index contributed by atoms with van der Waals surface area (Å²) in [6, 6.07) is 1.80. The van der Waals surface area contributed by atoms with Gasteiger partial charge in [-0.1, -0.05) is 20.8 Å². The third kappa shape index (κ3) is 4.14. The van der Waals surface area contributed by atoms with E-state index in [2.05, 4.69) is 36.1 Å². The van der Waals surface area contributed by atoms with Gasteiger partial charge in [0.05, 0.1) is 7.11 Å². The van der Waals surface area contributed by atoms with E-state index in [1.165, 1.54) is 0 Å². The molecule has 0 atom stereocenters. The van der Waals surface area contributed by atoms with Crippen molar-refractivity contribution >= 4 is 5.82 Å². The second kappa shape index (κ2) is 4.47. The molecule has 0 amide bonds. The van der Waals surface area contributed by atoms with Crippen LogP contribution in [-0.4, -0.2) is 23.6 Å². The van der Waals surface area contributed by atoms with Crippen LogP contribution in [0.1, 0.15) is 26.6 Å². The first-order valence-corrected chi connectivity index (χ1v) is 5.04. The first kappa shape index (κ1) is 11.8. The summed E-state index contributed by atoms with van der Waals surface area (Å²) in [6.07, 6.45) is 0. The third-order valence-corrected chi connectivity index (χ3v) is 1.82. The van der Waals surface area contributed by atoms with Crippen LogP contribution in [0.5, 0.6) is 5.88 Å². The molecule has 1 aromatic heterocycles. The summed E-state index contributed by atoms with van der Waals surface area (Å²) >= 11 is 0. The molecule has 0 saturated heterocycles. The Balaban J connectivity index is 2.73. The minimum absolute atomic E-state index is 0.228. The van der Waals surface area contributed by atoms with Gasteiger partial charge in [0.15, 0.2) is 0 Å². The zero-order chi connectivity index (χ0) is 11.5. The van der Waals surface area contributed by atoms with Crippen LogP contribution in [0.2, 0.25) is 0 Å². The van der Waals surface area contributed by atoms with Gasteiger partial charge >= 0.3 is 0 Å². The van der Waals surface area contributed by atoms with Crippen molar-refractivity contribution in [2.75, 3.05) is 19.0 Å². The average molecular weight is 209 g/mol. The van der Waals surface area contributed by atoms with E-state index in [1.54, 1.807) is 13.2 Å². The van der Waals surface area contributed by atoms with Gasteiger partial charge in [-0.15, -0.1) is 0 Å². The van der Waals surface area contributed by atoms with E-state index in [4.69, 9.17) is 4.74 Å². The highest BCUT2D eigenvalue weighted by Crippen LogP contribution is 2.16. The summed E-state index contributed by atoms with van der Waals surface area (Å²) < 4.78 is 5.08. The second-order valence-corrected chi connectivity index (χ2v) is 4.76. The van der Waals surface area contributed by atoms with Crippen LogP contribution in [0, 0.1) is 12.3 Å². The minimum atomic E-state index is 0.228. The summed E-state index contributed by atoms with van der Waals surface area (Å²) in [6.45, 7) is 9.24. The molecule has 0 aliphatic carbocycles. The standard InChI is InChI=1S/C11H19N3O/c1-8-13-9(6-10(14-8)15-5)12-7-11(2,3)4/h6H,7H2,1-5H3,(H,12,13,14). The number of methoxy groups -OCH3 is 1. The smallest absolute Gasteiger partial charge is 0.218 e. The first-order chi connectivity index (χ1) is 6.90. The fourth-order valence-electron chi connectivity index (χ4n) is 1.09. The quantitative estimate of drug-likeness (QED) is 0.829. The zero-order valence-electron chi connectivity index (χ0n) is 10.1. The molecule has 0 bridgehead atoms.